The Bertz CT molecular complexity index is 706. The molecule has 0 saturated heterocycles. The molecular weight excluding hydrogens is 372 g/mol. The van der Waals surface area contributed by atoms with Crippen molar-refractivity contribution in [1.29, 1.82) is 0 Å². The predicted molar refractivity (Wildman–Crippen MR) is 96.6 cm³/mol. The minimum absolute atomic E-state index is 0.0516. The lowest BCUT2D eigenvalue weighted by atomic mass is 10.1. The van der Waals surface area contributed by atoms with Gasteiger partial charge in [-0.3, -0.25) is 9.69 Å². The van der Waals surface area contributed by atoms with E-state index >= 15 is 0 Å². The number of carbonyl (C=O) groups is 2. The van der Waals surface area contributed by atoms with Crippen molar-refractivity contribution in [3.8, 4) is 0 Å². The molecule has 0 radical (unpaired) electrons. The van der Waals surface area contributed by atoms with Gasteiger partial charge in [-0.2, -0.15) is 0 Å². The highest BCUT2D eigenvalue weighted by Crippen LogP contribution is 2.23. The summed E-state index contributed by atoms with van der Waals surface area (Å²) < 4.78 is 5.69. The van der Waals surface area contributed by atoms with E-state index in [0.29, 0.717) is 5.69 Å². The molecule has 1 amide bonds. The van der Waals surface area contributed by atoms with Gasteiger partial charge in [-0.25, -0.2) is 4.79 Å². The zero-order valence-electron chi connectivity index (χ0n) is 13.5. The number of ether oxygens (including phenoxy) is 1. The number of carbonyl (C=O) groups excluding carboxylic acids is 2. The number of rotatable bonds is 6. The minimum Gasteiger partial charge on any atom is -0.468 e. The fraction of sp³-hybridized carbons (Fsp3) is 0.222. The van der Waals surface area contributed by atoms with Gasteiger partial charge in [0.15, 0.2) is 0 Å². The van der Waals surface area contributed by atoms with Gasteiger partial charge >= 0.3 is 5.97 Å². The molecule has 0 aliphatic heterocycles. The predicted octanol–water partition coefficient (Wildman–Crippen LogP) is 3.23. The molecule has 2 rings (SSSR count). The summed E-state index contributed by atoms with van der Waals surface area (Å²) in [7, 11) is 3.06. The number of amides is 1. The van der Waals surface area contributed by atoms with Crippen molar-refractivity contribution in [2.45, 2.75) is 6.04 Å². The molecule has 0 saturated carbocycles. The first kappa shape index (κ1) is 18.2. The molecule has 0 unspecified atom stereocenters. The number of hydrogen-bond acceptors (Lipinski definition) is 4. The van der Waals surface area contributed by atoms with Crippen LogP contribution in [0.5, 0.6) is 0 Å². The molecule has 0 bridgehead atoms. The van der Waals surface area contributed by atoms with E-state index in [2.05, 4.69) is 21.2 Å². The fourth-order valence-corrected chi connectivity index (χ4v) is 2.77. The van der Waals surface area contributed by atoms with Gasteiger partial charge in [-0.1, -0.05) is 42.5 Å². The second kappa shape index (κ2) is 8.61. The molecular formula is C18H19BrN2O3. The summed E-state index contributed by atoms with van der Waals surface area (Å²) in [4.78, 5) is 26.1. The number of methoxy groups -OCH3 is 1. The van der Waals surface area contributed by atoms with E-state index in [0.717, 1.165) is 10.0 Å². The lowest BCUT2D eigenvalue weighted by molar-refractivity contribution is -0.147. The SMILES string of the molecule is COC(=O)[C@H](c1ccccc1)N(C)CC(=O)Nc1ccccc1Br. The molecule has 0 heterocycles. The lowest BCUT2D eigenvalue weighted by Crippen LogP contribution is -2.37. The van der Waals surface area contributed by atoms with Gasteiger partial charge in [-0.15, -0.1) is 0 Å². The Morgan fingerprint density at radius 3 is 2.38 bits per heavy atom. The van der Waals surface area contributed by atoms with E-state index in [1.165, 1.54) is 7.11 Å². The molecule has 0 aromatic heterocycles. The third kappa shape index (κ3) is 4.66. The van der Waals surface area contributed by atoms with E-state index in [-0.39, 0.29) is 12.5 Å². The van der Waals surface area contributed by atoms with Gasteiger partial charge in [0.25, 0.3) is 0 Å². The monoisotopic (exact) mass is 390 g/mol. The van der Waals surface area contributed by atoms with Gasteiger partial charge < -0.3 is 10.1 Å². The number of hydrogen-bond donors (Lipinski definition) is 1. The Labute approximate surface area is 149 Å². The zero-order valence-corrected chi connectivity index (χ0v) is 15.1. The molecule has 0 aliphatic carbocycles. The van der Waals surface area contributed by atoms with Gasteiger partial charge in [0, 0.05) is 4.47 Å². The highest BCUT2D eigenvalue weighted by atomic mass is 79.9. The fourth-order valence-electron chi connectivity index (χ4n) is 2.39. The zero-order chi connectivity index (χ0) is 17.5. The molecule has 0 aliphatic rings. The van der Waals surface area contributed by atoms with Crippen LogP contribution in [0.4, 0.5) is 5.69 Å². The van der Waals surface area contributed by atoms with Crippen LogP contribution in [0.15, 0.2) is 59.1 Å². The summed E-state index contributed by atoms with van der Waals surface area (Å²) in [6.07, 6.45) is 0. The van der Waals surface area contributed by atoms with Crippen LogP contribution < -0.4 is 5.32 Å². The van der Waals surface area contributed by atoms with Crippen LogP contribution in [-0.4, -0.2) is 37.5 Å². The minimum atomic E-state index is -0.638. The van der Waals surface area contributed by atoms with E-state index in [4.69, 9.17) is 4.74 Å². The second-order valence-electron chi connectivity index (χ2n) is 5.28. The molecule has 1 atom stereocenters. The van der Waals surface area contributed by atoms with Crippen molar-refractivity contribution in [2.24, 2.45) is 0 Å². The Balaban J connectivity index is 2.10. The molecule has 6 heteroatoms. The highest BCUT2D eigenvalue weighted by Gasteiger charge is 2.27. The van der Waals surface area contributed by atoms with Crippen LogP contribution in [0, 0.1) is 0 Å². The van der Waals surface area contributed by atoms with Gasteiger partial charge in [0.05, 0.1) is 19.3 Å². The van der Waals surface area contributed by atoms with Crippen molar-refractivity contribution >= 4 is 33.5 Å². The van der Waals surface area contributed by atoms with Gasteiger partial charge in [-0.05, 0) is 40.7 Å². The summed E-state index contributed by atoms with van der Waals surface area (Å²) in [5.74, 6) is -0.619. The number of halogens is 1. The number of benzene rings is 2. The third-order valence-corrected chi connectivity index (χ3v) is 4.21. The van der Waals surface area contributed by atoms with E-state index in [1.807, 2.05) is 48.5 Å². The van der Waals surface area contributed by atoms with Crippen LogP contribution in [0.3, 0.4) is 0 Å². The Kier molecular flexibility index (Phi) is 6.52. The Hall–Kier alpha value is -2.18. The summed E-state index contributed by atoms with van der Waals surface area (Å²) in [6, 6.07) is 16.0. The summed E-state index contributed by atoms with van der Waals surface area (Å²) in [6.45, 7) is 0.0516. The molecule has 126 valence electrons. The Morgan fingerprint density at radius 2 is 1.75 bits per heavy atom. The number of anilines is 1. The summed E-state index contributed by atoms with van der Waals surface area (Å²) in [5, 5.41) is 2.82. The van der Waals surface area contributed by atoms with E-state index in [9.17, 15) is 9.59 Å². The van der Waals surface area contributed by atoms with Crippen molar-refractivity contribution in [3.63, 3.8) is 0 Å². The van der Waals surface area contributed by atoms with Crippen LogP contribution in [0.2, 0.25) is 0 Å². The molecule has 2 aromatic rings. The van der Waals surface area contributed by atoms with Crippen LogP contribution in [0.1, 0.15) is 11.6 Å². The number of nitrogens with one attached hydrogen (secondary N) is 1. The largest absolute Gasteiger partial charge is 0.468 e. The standard InChI is InChI=1S/C18H19BrN2O3/c1-21(12-16(22)20-15-11-7-6-10-14(15)19)17(18(23)24-2)13-8-4-3-5-9-13/h3-11,17H,12H2,1-2H3,(H,20,22)/t17-/m0/s1. The quantitative estimate of drug-likeness (QED) is 0.769. The number of nitrogens with zero attached hydrogens (tertiary/aromatic N) is 1. The topological polar surface area (TPSA) is 58.6 Å². The van der Waals surface area contributed by atoms with Gasteiger partial charge in [0.2, 0.25) is 5.91 Å². The van der Waals surface area contributed by atoms with Crippen LogP contribution >= 0.6 is 15.9 Å². The maximum atomic E-state index is 12.3. The third-order valence-electron chi connectivity index (χ3n) is 3.52. The van der Waals surface area contributed by atoms with E-state index < -0.39 is 12.0 Å². The Morgan fingerprint density at radius 1 is 1.12 bits per heavy atom. The number of esters is 1. The first-order valence-electron chi connectivity index (χ1n) is 7.40. The second-order valence-corrected chi connectivity index (χ2v) is 6.13. The van der Waals surface area contributed by atoms with Crippen molar-refractivity contribution in [3.05, 3.63) is 64.6 Å². The van der Waals surface area contributed by atoms with Crippen molar-refractivity contribution < 1.29 is 14.3 Å². The lowest BCUT2D eigenvalue weighted by Gasteiger charge is -2.25. The summed E-state index contributed by atoms with van der Waals surface area (Å²) >= 11 is 3.39. The van der Waals surface area contributed by atoms with Crippen molar-refractivity contribution in [2.75, 3.05) is 26.0 Å². The van der Waals surface area contributed by atoms with Gasteiger partial charge in [0.1, 0.15) is 6.04 Å². The maximum Gasteiger partial charge on any atom is 0.327 e. The van der Waals surface area contributed by atoms with Crippen LogP contribution in [-0.2, 0) is 14.3 Å². The molecule has 2 aromatic carbocycles. The smallest absolute Gasteiger partial charge is 0.327 e. The first-order chi connectivity index (χ1) is 11.5. The molecule has 0 spiro atoms. The average Bonchev–Trinajstić information content (AvgIpc) is 2.58. The first-order valence-corrected chi connectivity index (χ1v) is 8.19. The highest BCUT2D eigenvalue weighted by molar-refractivity contribution is 9.10. The van der Waals surface area contributed by atoms with Crippen LogP contribution in [0.25, 0.3) is 0 Å². The maximum absolute atomic E-state index is 12.3. The average molecular weight is 391 g/mol. The molecule has 5 nitrogen and oxygen atoms in total. The van der Waals surface area contributed by atoms with E-state index in [1.54, 1.807) is 18.0 Å². The van der Waals surface area contributed by atoms with Crippen molar-refractivity contribution in [1.82, 2.24) is 4.90 Å². The molecule has 0 fully saturated rings. The number of para-hydroxylation sites is 1. The molecule has 24 heavy (non-hydrogen) atoms. The summed E-state index contributed by atoms with van der Waals surface area (Å²) in [5.41, 5.74) is 1.46. The normalized spacial score (nSPS) is 11.8. The number of likely N-dealkylation sites (N-methyl/N-ethyl adjacent to an activating group) is 1. The molecule has 1 N–H and O–H groups in total.